The van der Waals surface area contributed by atoms with E-state index < -0.39 is 41.7 Å². The molecule has 1 aromatic rings. The third-order valence-electron chi connectivity index (χ3n) is 5.21. The van der Waals surface area contributed by atoms with Crippen LogP contribution in [0.1, 0.15) is 45.7 Å². The summed E-state index contributed by atoms with van der Waals surface area (Å²) in [6, 6.07) is 6.62. The third-order valence-corrected chi connectivity index (χ3v) is 5.21. The number of halogens is 6. The van der Waals surface area contributed by atoms with E-state index in [4.69, 9.17) is 9.47 Å². The lowest BCUT2D eigenvalue weighted by molar-refractivity contribution is -0.308. The summed E-state index contributed by atoms with van der Waals surface area (Å²) in [7, 11) is 0. The SMILES string of the molecule is CC(C)(C)OC(=O)C(C)(C)Oc1cc(C#N)cc(CN2CCN(C(=O)OC(C(F)(F)F)C(F)(F)F)CC2)c1. The molecule has 212 valence electrons. The van der Waals surface area contributed by atoms with E-state index >= 15 is 0 Å². The number of benzene rings is 1. The molecule has 0 saturated carbocycles. The second kappa shape index (κ2) is 11.3. The number of hydrogen-bond acceptors (Lipinski definition) is 7. The molecule has 1 aromatic carbocycles. The van der Waals surface area contributed by atoms with Crippen LogP contribution in [-0.2, 0) is 20.8 Å². The van der Waals surface area contributed by atoms with Crippen molar-refractivity contribution >= 4 is 12.1 Å². The van der Waals surface area contributed by atoms with Crippen LogP contribution in [0, 0.1) is 11.3 Å². The maximum absolute atomic E-state index is 12.7. The van der Waals surface area contributed by atoms with Crippen molar-refractivity contribution in [3.05, 3.63) is 29.3 Å². The van der Waals surface area contributed by atoms with Gasteiger partial charge in [0.1, 0.15) is 11.4 Å². The summed E-state index contributed by atoms with van der Waals surface area (Å²) in [5.41, 5.74) is -1.28. The second-order valence-corrected chi connectivity index (χ2v) is 10.2. The summed E-state index contributed by atoms with van der Waals surface area (Å²) in [4.78, 5) is 27.0. The number of rotatable bonds is 6. The van der Waals surface area contributed by atoms with Crippen LogP contribution in [-0.4, -0.2) is 77.7 Å². The predicted octanol–water partition coefficient (Wildman–Crippen LogP) is 4.80. The Kier molecular flexibility index (Phi) is 9.19. The van der Waals surface area contributed by atoms with Crippen LogP contribution in [0.3, 0.4) is 0 Å². The summed E-state index contributed by atoms with van der Waals surface area (Å²) in [6.45, 7) is 8.28. The van der Waals surface area contributed by atoms with Crippen molar-refractivity contribution in [3.8, 4) is 11.8 Å². The highest BCUT2D eigenvalue weighted by Gasteiger charge is 2.60. The zero-order chi connectivity index (χ0) is 29.1. The number of carbonyl (C=O) groups is 2. The van der Waals surface area contributed by atoms with Crippen LogP contribution < -0.4 is 4.74 Å². The molecule has 0 aliphatic carbocycles. The van der Waals surface area contributed by atoms with Gasteiger partial charge in [0, 0.05) is 32.7 Å². The van der Waals surface area contributed by atoms with E-state index in [1.165, 1.54) is 19.9 Å². The van der Waals surface area contributed by atoms with Gasteiger partial charge in [-0.3, -0.25) is 4.90 Å². The first-order chi connectivity index (χ1) is 17.2. The standard InChI is InChI=1S/C24H29F6N3O5/c1-21(2,3)38-19(34)22(4,5)37-17-11-15(13-31)10-16(12-17)14-32-6-8-33(9-7-32)20(35)36-18(23(25,26)27)24(28,29)30/h10-12,18H,6-9,14H2,1-5H3. The first kappa shape index (κ1) is 31.0. The minimum absolute atomic E-state index is 0.119. The molecule has 1 fully saturated rings. The fraction of sp³-hybridized carbons (Fsp3) is 0.625. The smallest absolute Gasteiger partial charge is 0.434 e. The molecule has 1 amide bonds. The van der Waals surface area contributed by atoms with E-state index in [0.29, 0.717) is 5.56 Å². The van der Waals surface area contributed by atoms with Crippen molar-refractivity contribution in [2.75, 3.05) is 26.2 Å². The summed E-state index contributed by atoms with van der Waals surface area (Å²) < 4.78 is 91.0. The van der Waals surface area contributed by atoms with Crippen molar-refractivity contribution < 1.29 is 50.1 Å². The lowest BCUT2D eigenvalue weighted by atomic mass is 10.1. The number of amides is 1. The highest BCUT2D eigenvalue weighted by molar-refractivity contribution is 5.79. The zero-order valence-corrected chi connectivity index (χ0v) is 21.5. The average Bonchev–Trinajstić information content (AvgIpc) is 2.74. The average molecular weight is 554 g/mol. The minimum Gasteiger partial charge on any atom is -0.476 e. The Hall–Kier alpha value is -3.21. The first-order valence-electron chi connectivity index (χ1n) is 11.5. The van der Waals surface area contributed by atoms with Gasteiger partial charge in [0.05, 0.1) is 11.6 Å². The van der Waals surface area contributed by atoms with Gasteiger partial charge >= 0.3 is 24.4 Å². The molecule has 1 aliphatic heterocycles. The molecular formula is C24H29F6N3O5. The Morgan fingerprint density at radius 2 is 1.50 bits per heavy atom. The van der Waals surface area contributed by atoms with E-state index in [1.807, 2.05) is 6.07 Å². The summed E-state index contributed by atoms with van der Waals surface area (Å²) >= 11 is 0. The van der Waals surface area contributed by atoms with Gasteiger partial charge in [-0.15, -0.1) is 0 Å². The van der Waals surface area contributed by atoms with E-state index in [2.05, 4.69) is 4.74 Å². The maximum Gasteiger partial charge on any atom is 0.434 e. The Labute approximate surface area is 216 Å². The predicted molar refractivity (Wildman–Crippen MR) is 121 cm³/mol. The summed E-state index contributed by atoms with van der Waals surface area (Å²) in [5.74, 6) is -0.391. The van der Waals surface area contributed by atoms with Gasteiger partial charge in [-0.2, -0.15) is 31.6 Å². The number of carbonyl (C=O) groups excluding carboxylic acids is 2. The first-order valence-corrected chi connectivity index (χ1v) is 11.5. The number of piperazine rings is 1. The normalized spacial score (nSPS) is 15.7. The topological polar surface area (TPSA) is 92.1 Å². The molecule has 0 atom stereocenters. The Balaban J connectivity index is 2.05. The van der Waals surface area contributed by atoms with Crippen LogP contribution in [0.2, 0.25) is 0 Å². The van der Waals surface area contributed by atoms with Crippen molar-refractivity contribution in [2.24, 2.45) is 0 Å². The van der Waals surface area contributed by atoms with Gasteiger partial charge in [-0.05, 0) is 58.4 Å². The lowest BCUT2D eigenvalue weighted by Crippen LogP contribution is -2.52. The fourth-order valence-corrected chi connectivity index (χ4v) is 3.45. The lowest BCUT2D eigenvalue weighted by Gasteiger charge is -2.35. The highest BCUT2D eigenvalue weighted by atomic mass is 19.4. The molecule has 38 heavy (non-hydrogen) atoms. The second-order valence-electron chi connectivity index (χ2n) is 10.2. The number of nitrogens with zero attached hydrogens (tertiary/aromatic N) is 3. The third kappa shape index (κ3) is 8.97. The maximum atomic E-state index is 12.7. The van der Waals surface area contributed by atoms with Gasteiger partial charge < -0.3 is 19.1 Å². The molecule has 0 radical (unpaired) electrons. The molecule has 0 spiro atoms. The number of hydrogen-bond donors (Lipinski definition) is 0. The van der Waals surface area contributed by atoms with Crippen molar-refractivity contribution in [1.29, 1.82) is 5.26 Å². The number of nitriles is 1. The van der Waals surface area contributed by atoms with E-state index in [0.717, 1.165) is 4.90 Å². The molecule has 8 nitrogen and oxygen atoms in total. The molecule has 0 N–H and O–H groups in total. The van der Waals surface area contributed by atoms with Crippen LogP contribution >= 0.6 is 0 Å². The van der Waals surface area contributed by atoms with E-state index in [-0.39, 0.29) is 44.0 Å². The van der Waals surface area contributed by atoms with Crippen LogP contribution in [0.4, 0.5) is 31.1 Å². The molecule has 2 rings (SSSR count). The summed E-state index contributed by atoms with van der Waals surface area (Å²) in [5, 5.41) is 9.41. The molecule has 0 bridgehead atoms. The highest BCUT2D eigenvalue weighted by Crippen LogP contribution is 2.36. The number of alkyl halides is 6. The Morgan fingerprint density at radius 1 is 0.947 bits per heavy atom. The van der Waals surface area contributed by atoms with Gasteiger partial charge in [-0.25, -0.2) is 9.59 Å². The van der Waals surface area contributed by atoms with Crippen LogP contribution in [0.5, 0.6) is 5.75 Å². The number of ether oxygens (including phenoxy) is 3. The molecule has 0 aromatic heterocycles. The van der Waals surface area contributed by atoms with Gasteiger partial charge in [0.25, 0.3) is 6.10 Å². The summed E-state index contributed by atoms with van der Waals surface area (Å²) in [6.07, 6.45) is -17.5. The molecular weight excluding hydrogens is 524 g/mol. The van der Waals surface area contributed by atoms with Gasteiger partial charge in [0.2, 0.25) is 0 Å². The van der Waals surface area contributed by atoms with Gasteiger partial charge in [-0.1, -0.05) is 0 Å². The molecule has 1 heterocycles. The Morgan fingerprint density at radius 3 is 1.97 bits per heavy atom. The van der Waals surface area contributed by atoms with E-state index in [9.17, 15) is 41.2 Å². The minimum atomic E-state index is -5.79. The zero-order valence-electron chi connectivity index (χ0n) is 21.5. The molecule has 1 saturated heterocycles. The fourth-order valence-electron chi connectivity index (χ4n) is 3.45. The van der Waals surface area contributed by atoms with Crippen LogP contribution in [0.15, 0.2) is 18.2 Å². The largest absolute Gasteiger partial charge is 0.476 e. The van der Waals surface area contributed by atoms with Crippen molar-refractivity contribution in [3.63, 3.8) is 0 Å². The molecule has 14 heteroatoms. The van der Waals surface area contributed by atoms with E-state index in [1.54, 1.807) is 37.8 Å². The van der Waals surface area contributed by atoms with Crippen LogP contribution in [0.25, 0.3) is 0 Å². The quantitative estimate of drug-likeness (QED) is 0.369. The molecule has 1 aliphatic rings. The Bertz CT molecular complexity index is 1040. The van der Waals surface area contributed by atoms with Crippen molar-refractivity contribution in [1.82, 2.24) is 9.80 Å². The number of esters is 1. The van der Waals surface area contributed by atoms with Crippen molar-refractivity contribution in [2.45, 2.75) is 70.8 Å². The van der Waals surface area contributed by atoms with Gasteiger partial charge in [0.15, 0.2) is 5.60 Å². The monoisotopic (exact) mass is 553 g/mol. The molecule has 0 unspecified atom stereocenters.